The number of ether oxygens (including phenoxy) is 2. The van der Waals surface area contributed by atoms with Crippen molar-refractivity contribution in [3.05, 3.63) is 70.9 Å². The molecule has 1 saturated heterocycles. The Hall–Kier alpha value is -2.90. The van der Waals surface area contributed by atoms with Crippen molar-refractivity contribution in [2.75, 3.05) is 40.4 Å². The third-order valence-corrected chi connectivity index (χ3v) is 6.85. The molecule has 0 saturated carbocycles. The van der Waals surface area contributed by atoms with Crippen molar-refractivity contribution in [2.24, 2.45) is 0 Å². The summed E-state index contributed by atoms with van der Waals surface area (Å²) < 4.78 is 16.3. The van der Waals surface area contributed by atoms with E-state index in [4.69, 9.17) is 14.0 Å². The zero-order valence-electron chi connectivity index (χ0n) is 19.5. The van der Waals surface area contributed by atoms with E-state index in [-0.39, 0.29) is 0 Å². The summed E-state index contributed by atoms with van der Waals surface area (Å²) in [7, 11) is 3.28. The van der Waals surface area contributed by atoms with Crippen LogP contribution in [-0.2, 0) is 25.8 Å². The second-order valence-corrected chi connectivity index (χ2v) is 8.97. The van der Waals surface area contributed by atoms with Gasteiger partial charge in [-0.05, 0) is 61.2 Å². The van der Waals surface area contributed by atoms with Gasteiger partial charge in [-0.2, -0.15) is 4.98 Å². The van der Waals surface area contributed by atoms with Crippen molar-refractivity contribution in [2.45, 2.75) is 38.3 Å². The lowest BCUT2D eigenvalue weighted by Crippen LogP contribution is -2.38. The number of nitrogens with zero attached hydrogens (tertiary/aromatic N) is 4. The summed E-state index contributed by atoms with van der Waals surface area (Å²) in [6.45, 7) is 5.04. The second-order valence-electron chi connectivity index (χ2n) is 8.97. The van der Waals surface area contributed by atoms with E-state index in [1.54, 1.807) is 14.2 Å². The van der Waals surface area contributed by atoms with Crippen LogP contribution < -0.4 is 9.47 Å². The van der Waals surface area contributed by atoms with Gasteiger partial charge >= 0.3 is 0 Å². The molecular formula is C26H32N4O3. The Labute approximate surface area is 195 Å². The third-order valence-electron chi connectivity index (χ3n) is 6.85. The first-order chi connectivity index (χ1) is 16.2. The van der Waals surface area contributed by atoms with Gasteiger partial charge < -0.3 is 14.0 Å². The van der Waals surface area contributed by atoms with Gasteiger partial charge in [-0.3, -0.25) is 9.80 Å². The predicted octanol–water partition coefficient (Wildman–Crippen LogP) is 3.35. The number of rotatable bonds is 7. The first-order valence-corrected chi connectivity index (χ1v) is 11.8. The van der Waals surface area contributed by atoms with E-state index in [9.17, 15) is 0 Å². The Morgan fingerprint density at radius 1 is 0.939 bits per heavy atom. The molecule has 0 atom stereocenters. The summed E-state index contributed by atoms with van der Waals surface area (Å²) in [6, 6.07) is 15.4. The number of benzene rings is 2. The predicted molar refractivity (Wildman–Crippen MR) is 126 cm³/mol. The zero-order valence-corrected chi connectivity index (χ0v) is 19.5. The highest BCUT2D eigenvalue weighted by atomic mass is 16.5. The van der Waals surface area contributed by atoms with Crippen LogP contribution in [0.2, 0.25) is 0 Å². The van der Waals surface area contributed by atoms with Crippen molar-refractivity contribution in [1.29, 1.82) is 0 Å². The molecule has 1 fully saturated rings. The summed E-state index contributed by atoms with van der Waals surface area (Å²) in [4.78, 5) is 9.76. The van der Waals surface area contributed by atoms with Crippen LogP contribution in [0.5, 0.6) is 11.5 Å². The summed E-state index contributed by atoms with van der Waals surface area (Å²) in [5, 5.41) is 4.20. The molecule has 1 aliphatic carbocycles. The van der Waals surface area contributed by atoms with E-state index in [1.165, 1.54) is 30.4 Å². The van der Waals surface area contributed by atoms with Gasteiger partial charge in [-0.1, -0.05) is 35.5 Å². The zero-order chi connectivity index (χ0) is 22.6. The van der Waals surface area contributed by atoms with Gasteiger partial charge in [0.25, 0.3) is 0 Å². The van der Waals surface area contributed by atoms with E-state index < -0.39 is 0 Å². The summed E-state index contributed by atoms with van der Waals surface area (Å²) in [5.74, 6) is 2.80. The van der Waals surface area contributed by atoms with Gasteiger partial charge in [0, 0.05) is 25.6 Å². The molecule has 0 amide bonds. The fourth-order valence-corrected chi connectivity index (χ4v) is 5.10. The summed E-state index contributed by atoms with van der Waals surface area (Å²) in [6.07, 6.45) is 4.12. The summed E-state index contributed by atoms with van der Waals surface area (Å²) >= 11 is 0. The minimum atomic E-state index is 0.597. The molecule has 0 unspecified atom stereocenters. The highest BCUT2D eigenvalue weighted by Crippen LogP contribution is 2.28. The maximum absolute atomic E-state index is 5.58. The highest BCUT2D eigenvalue weighted by Gasteiger charge is 2.28. The maximum atomic E-state index is 5.58. The lowest BCUT2D eigenvalue weighted by molar-refractivity contribution is 0.193. The molecule has 7 nitrogen and oxygen atoms in total. The van der Waals surface area contributed by atoms with Crippen LogP contribution in [0.3, 0.4) is 0 Å². The molecule has 7 heteroatoms. The van der Waals surface area contributed by atoms with Crippen LogP contribution in [0, 0.1) is 0 Å². The first-order valence-electron chi connectivity index (χ1n) is 11.8. The van der Waals surface area contributed by atoms with E-state index >= 15 is 0 Å². The average molecular weight is 449 g/mol. The van der Waals surface area contributed by atoms with Crippen molar-refractivity contribution in [3.63, 3.8) is 0 Å². The molecule has 33 heavy (non-hydrogen) atoms. The van der Waals surface area contributed by atoms with Crippen LogP contribution in [0.4, 0.5) is 0 Å². The van der Waals surface area contributed by atoms with E-state index in [2.05, 4.69) is 44.2 Å². The second kappa shape index (κ2) is 9.93. The van der Waals surface area contributed by atoms with Crippen molar-refractivity contribution >= 4 is 0 Å². The molecular weight excluding hydrogens is 416 g/mol. The number of methoxy groups -OCH3 is 2. The van der Waals surface area contributed by atoms with Crippen molar-refractivity contribution < 1.29 is 14.0 Å². The summed E-state index contributed by atoms with van der Waals surface area (Å²) in [5.41, 5.74) is 4.11. The smallest absolute Gasteiger partial charge is 0.240 e. The van der Waals surface area contributed by atoms with Crippen molar-refractivity contribution in [1.82, 2.24) is 19.9 Å². The number of hydrogen-bond acceptors (Lipinski definition) is 7. The average Bonchev–Trinajstić information content (AvgIpc) is 3.40. The minimum Gasteiger partial charge on any atom is -0.493 e. The maximum Gasteiger partial charge on any atom is 0.240 e. The number of aromatic nitrogens is 2. The van der Waals surface area contributed by atoms with Crippen LogP contribution in [0.1, 0.15) is 34.8 Å². The largest absolute Gasteiger partial charge is 0.493 e. The first kappa shape index (κ1) is 21.9. The third kappa shape index (κ3) is 5.04. The molecule has 3 aromatic rings. The molecule has 2 heterocycles. The molecule has 5 rings (SSSR count). The lowest BCUT2D eigenvalue weighted by atomic mass is 10.1. The SMILES string of the molecule is COc1ccc(Cc2noc(CN3CCCN(C4Cc5ccccc5C4)CC3)n2)cc1OC. The molecule has 0 spiro atoms. The standard InChI is InChI=1S/C26H32N4O3/c1-31-23-9-8-19(14-24(23)32-2)15-25-27-26(33-28-25)18-29-10-5-11-30(13-12-29)22-16-20-6-3-4-7-21(20)17-22/h3-4,6-9,14,22H,5,10-13,15-18H2,1-2H3. The number of hydrogen-bond donors (Lipinski definition) is 0. The van der Waals surface area contributed by atoms with E-state index in [1.807, 2.05) is 18.2 Å². The van der Waals surface area contributed by atoms with Crippen molar-refractivity contribution in [3.8, 4) is 11.5 Å². The van der Waals surface area contributed by atoms with Gasteiger partial charge in [0.05, 0.1) is 20.8 Å². The Kier molecular flexibility index (Phi) is 6.60. The Bertz CT molecular complexity index is 1060. The minimum absolute atomic E-state index is 0.597. The van der Waals surface area contributed by atoms with Gasteiger partial charge in [0.15, 0.2) is 17.3 Å². The molecule has 0 radical (unpaired) electrons. The molecule has 1 aromatic heterocycles. The fourth-order valence-electron chi connectivity index (χ4n) is 5.10. The monoisotopic (exact) mass is 448 g/mol. The molecule has 2 aromatic carbocycles. The fraction of sp³-hybridized carbons (Fsp3) is 0.462. The van der Waals surface area contributed by atoms with Gasteiger partial charge in [0.2, 0.25) is 5.89 Å². The molecule has 2 aliphatic rings. The van der Waals surface area contributed by atoms with E-state index in [0.717, 1.165) is 31.7 Å². The van der Waals surface area contributed by atoms with Gasteiger partial charge in [-0.25, -0.2) is 0 Å². The van der Waals surface area contributed by atoms with Crippen LogP contribution in [-0.4, -0.2) is 66.4 Å². The highest BCUT2D eigenvalue weighted by molar-refractivity contribution is 5.43. The van der Waals surface area contributed by atoms with Gasteiger partial charge in [-0.15, -0.1) is 0 Å². The van der Waals surface area contributed by atoms with Crippen LogP contribution in [0.25, 0.3) is 0 Å². The van der Waals surface area contributed by atoms with Crippen LogP contribution in [0.15, 0.2) is 47.0 Å². The van der Waals surface area contributed by atoms with Crippen LogP contribution >= 0.6 is 0 Å². The Morgan fingerprint density at radius 2 is 1.73 bits per heavy atom. The van der Waals surface area contributed by atoms with E-state index in [0.29, 0.717) is 42.2 Å². The molecule has 1 aliphatic heterocycles. The molecule has 0 bridgehead atoms. The normalized spacial score (nSPS) is 17.6. The number of fused-ring (bicyclic) bond motifs is 1. The quantitative estimate of drug-likeness (QED) is 0.549. The molecule has 0 N–H and O–H groups in total. The lowest BCUT2D eigenvalue weighted by Gasteiger charge is -2.27. The Balaban J connectivity index is 1.15. The van der Waals surface area contributed by atoms with Gasteiger partial charge in [0.1, 0.15) is 0 Å². The Morgan fingerprint density at radius 3 is 2.48 bits per heavy atom. The molecule has 174 valence electrons. The topological polar surface area (TPSA) is 63.9 Å².